The number of hydrogen-bond acceptors (Lipinski definition) is 1. The quantitative estimate of drug-likeness (QED) is 0.0532. The van der Waals surface area contributed by atoms with E-state index in [0.29, 0.717) is 0 Å². The van der Waals surface area contributed by atoms with E-state index in [4.69, 9.17) is 0 Å². The largest absolute Gasteiger partial charge is 0.460 e. The molecule has 0 aliphatic rings. The maximum atomic E-state index is 14.8. The summed E-state index contributed by atoms with van der Waals surface area (Å²) in [5, 5.41) is 0. The predicted molar refractivity (Wildman–Crippen MR) is 138 cm³/mol. The van der Waals surface area contributed by atoms with Crippen LogP contribution in [0.15, 0.2) is 25.3 Å². The smallest absolute Gasteiger partial charge is 0.381 e. The molecular formula is C28H20F34O. The van der Waals surface area contributed by atoms with Crippen LogP contribution in [0.4, 0.5) is 149 Å². The van der Waals surface area contributed by atoms with Gasteiger partial charge in [0.15, 0.2) is 0 Å². The maximum absolute atomic E-state index is 14.8. The highest BCUT2D eigenvalue weighted by molar-refractivity contribution is 5.17. The highest BCUT2D eigenvalue weighted by Crippen LogP contribution is 2.67. The lowest BCUT2D eigenvalue weighted by molar-refractivity contribution is -0.463. The molecule has 0 spiro atoms. The standard InChI is InChI=1S/C28H20F34O/c1-3-5-11(13(29,30)15(33,34)17(37,38)19(41,42)21(45,46)23(49,50)25(53,54)27(57,58)59)7-9-63-10-8-12(6-4-2)14(31,32)16(35,36)18(39,40)20(43,44)22(47,48)24(51,52)26(55,56)28(60,61)62/h3-4,11-12H,1-2,5-10H2. The van der Waals surface area contributed by atoms with E-state index in [-0.39, 0.29) is 12.2 Å². The summed E-state index contributed by atoms with van der Waals surface area (Å²) in [4.78, 5) is 0. The molecule has 63 heavy (non-hydrogen) atoms. The Morgan fingerprint density at radius 1 is 0.286 bits per heavy atom. The fraction of sp³-hybridized carbons (Fsp3) is 0.857. The van der Waals surface area contributed by atoms with Crippen molar-refractivity contribution in [3.8, 4) is 0 Å². The molecule has 0 N–H and O–H groups in total. The Balaban J connectivity index is 6.70. The topological polar surface area (TPSA) is 9.23 Å². The zero-order chi connectivity index (χ0) is 51.5. The van der Waals surface area contributed by atoms with Gasteiger partial charge in [-0.2, -0.15) is 149 Å². The summed E-state index contributed by atoms with van der Waals surface area (Å²) in [6, 6.07) is 0. The normalized spacial score (nSPS) is 17.2. The molecule has 0 aromatic carbocycles. The van der Waals surface area contributed by atoms with Crippen LogP contribution in [0.2, 0.25) is 0 Å². The van der Waals surface area contributed by atoms with Crippen LogP contribution in [0.3, 0.4) is 0 Å². The Kier molecular flexibility index (Phi) is 16.3. The molecule has 0 saturated carbocycles. The van der Waals surface area contributed by atoms with E-state index in [0.717, 1.165) is 0 Å². The highest BCUT2D eigenvalue weighted by Gasteiger charge is 2.97. The van der Waals surface area contributed by atoms with Gasteiger partial charge < -0.3 is 4.74 Å². The monoisotopic (exact) mass is 1020 g/mol. The third-order valence-electron chi connectivity index (χ3n) is 8.64. The van der Waals surface area contributed by atoms with Crippen molar-refractivity contribution in [2.45, 2.75) is 121 Å². The molecule has 0 amide bonds. The minimum absolute atomic E-state index is 0.0834. The van der Waals surface area contributed by atoms with E-state index in [1.54, 1.807) is 0 Å². The molecule has 0 rings (SSSR count). The van der Waals surface area contributed by atoms with Gasteiger partial charge in [-0.3, -0.25) is 0 Å². The van der Waals surface area contributed by atoms with Crippen LogP contribution >= 0.6 is 0 Å². The van der Waals surface area contributed by atoms with Gasteiger partial charge in [-0.05, 0) is 25.7 Å². The van der Waals surface area contributed by atoms with E-state index in [9.17, 15) is 149 Å². The molecule has 0 fully saturated rings. The van der Waals surface area contributed by atoms with Crippen molar-refractivity contribution in [3.05, 3.63) is 25.3 Å². The SMILES string of the molecule is C=CCC(CCOCCC(CC=C)C(F)(F)C(F)(F)C(F)(F)C(F)(F)C(F)(F)C(F)(F)C(F)(F)C(F)(F)F)C(F)(F)C(F)(F)C(F)(F)C(F)(F)C(F)(F)C(F)(F)C(F)(F)C(F)(F)F. The predicted octanol–water partition coefficient (Wildman–Crippen LogP) is 14.2. The minimum atomic E-state index is -9.02. The molecule has 0 aromatic heterocycles. The molecule has 376 valence electrons. The third-order valence-corrected chi connectivity index (χ3v) is 8.64. The van der Waals surface area contributed by atoms with Crippen molar-refractivity contribution in [2.24, 2.45) is 11.8 Å². The maximum Gasteiger partial charge on any atom is 0.460 e. The van der Waals surface area contributed by atoms with Crippen LogP contribution in [0.5, 0.6) is 0 Å². The summed E-state index contributed by atoms with van der Waals surface area (Å²) in [6.07, 6.45) is -24.8. The lowest BCUT2D eigenvalue weighted by Gasteiger charge is -2.44. The van der Waals surface area contributed by atoms with Gasteiger partial charge in [-0.25, -0.2) is 0 Å². The van der Waals surface area contributed by atoms with Gasteiger partial charge in [0.1, 0.15) is 0 Å². The molecule has 0 aliphatic heterocycles. The van der Waals surface area contributed by atoms with E-state index < -0.39 is 146 Å². The van der Waals surface area contributed by atoms with Crippen LogP contribution < -0.4 is 0 Å². The number of alkyl halides is 34. The van der Waals surface area contributed by atoms with Crippen molar-refractivity contribution < 1.29 is 154 Å². The van der Waals surface area contributed by atoms with Crippen LogP contribution in [-0.4, -0.2) is 108 Å². The van der Waals surface area contributed by atoms with Gasteiger partial charge in [0, 0.05) is 25.0 Å². The van der Waals surface area contributed by atoms with Crippen LogP contribution in [-0.2, 0) is 4.74 Å². The average molecular weight is 1020 g/mol. The van der Waals surface area contributed by atoms with Crippen molar-refractivity contribution in [1.29, 1.82) is 0 Å². The van der Waals surface area contributed by atoms with Gasteiger partial charge in [0.2, 0.25) is 0 Å². The third kappa shape index (κ3) is 8.65. The second kappa shape index (κ2) is 17.0. The van der Waals surface area contributed by atoms with Gasteiger partial charge in [-0.15, -0.1) is 13.2 Å². The minimum Gasteiger partial charge on any atom is -0.381 e. The lowest BCUT2D eigenvalue weighted by atomic mass is 9.82. The molecule has 0 aliphatic carbocycles. The van der Waals surface area contributed by atoms with Gasteiger partial charge in [-0.1, -0.05) is 12.2 Å². The molecule has 2 unspecified atom stereocenters. The summed E-state index contributed by atoms with van der Waals surface area (Å²) in [6.45, 7) is 1.05. The van der Waals surface area contributed by atoms with Crippen molar-refractivity contribution in [2.75, 3.05) is 13.2 Å². The molecule has 1 nitrogen and oxygen atoms in total. The number of ether oxygens (including phenoxy) is 1. The number of hydrogen-bond donors (Lipinski definition) is 0. The van der Waals surface area contributed by atoms with E-state index >= 15 is 0 Å². The summed E-state index contributed by atoms with van der Waals surface area (Å²) in [5.74, 6) is -127. The van der Waals surface area contributed by atoms with Gasteiger partial charge in [0.25, 0.3) is 0 Å². The van der Waals surface area contributed by atoms with Crippen LogP contribution in [0.25, 0.3) is 0 Å². The van der Waals surface area contributed by atoms with E-state index in [1.807, 2.05) is 0 Å². The molecule has 0 radical (unpaired) electrons. The second-order valence-corrected chi connectivity index (χ2v) is 12.8. The fourth-order valence-electron chi connectivity index (χ4n) is 4.71. The van der Waals surface area contributed by atoms with Crippen molar-refractivity contribution in [3.63, 3.8) is 0 Å². The molecule has 35 heteroatoms. The summed E-state index contributed by atoms with van der Waals surface area (Å²) in [7, 11) is 0. The first-order valence-corrected chi connectivity index (χ1v) is 15.3. The fourth-order valence-corrected chi connectivity index (χ4v) is 4.71. The van der Waals surface area contributed by atoms with Crippen molar-refractivity contribution in [1.82, 2.24) is 0 Å². The Bertz CT molecular complexity index is 1450. The summed E-state index contributed by atoms with van der Waals surface area (Å²) in [5.41, 5.74) is 0. The zero-order valence-corrected chi connectivity index (χ0v) is 29.2. The van der Waals surface area contributed by atoms with Crippen molar-refractivity contribution >= 4 is 0 Å². The van der Waals surface area contributed by atoms with Crippen LogP contribution in [0, 0.1) is 11.8 Å². The van der Waals surface area contributed by atoms with Gasteiger partial charge in [0.05, 0.1) is 0 Å². The Morgan fingerprint density at radius 2 is 0.460 bits per heavy atom. The Hall–Kier alpha value is -2.94. The van der Waals surface area contributed by atoms with E-state index in [2.05, 4.69) is 17.9 Å². The number of rotatable bonds is 24. The molecule has 0 bridgehead atoms. The second-order valence-electron chi connectivity index (χ2n) is 12.8. The molecular weight excluding hydrogens is 998 g/mol. The molecule has 2 atom stereocenters. The average Bonchev–Trinajstić information content (AvgIpc) is 3.08. The van der Waals surface area contributed by atoms with Crippen LogP contribution in [0.1, 0.15) is 25.7 Å². The first-order chi connectivity index (χ1) is 27.1. The summed E-state index contributed by atoms with van der Waals surface area (Å²) >= 11 is 0. The first-order valence-electron chi connectivity index (χ1n) is 15.3. The first kappa shape index (κ1) is 60.1. The highest BCUT2D eigenvalue weighted by atomic mass is 19.4. The molecule has 0 saturated heterocycles. The molecule has 0 heterocycles. The summed E-state index contributed by atoms with van der Waals surface area (Å²) < 4.78 is 468. The zero-order valence-electron chi connectivity index (χ0n) is 29.2. The lowest BCUT2D eigenvalue weighted by Crippen LogP contribution is -2.74. The molecule has 0 aromatic rings. The number of allylic oxidation sites excluding steroid dienone is 2. The number of halogens is 34. The Labute approximate surface area is 326 Å². The Morgan fingerprint density at radius 3 is 0.635 bits per heavy atom. The van der Waals surface area contributed by atoms with Gasteiger partial charge >= 0.3 is 95.3 Å². The van der Waals surface area contributed by atoms with E-state index in [1.165, 1.54) is 0 Å².